The maximum Gasteiger partial charge on any atom is 0.358 e. The van der Waals surface area contributed by atoms with E-state index in [0.717, 1.165) is 11.3 Å². The van der Waals surface area contributed by atoms with E-state index < -0.39 is 29.7 Å². The van der Waals surface area contributed by atoms with Gasteiger partial charge in [-0.25, -0.2) is 9.78 Å². The average molecular weight is 499 g/mol. The molecule has 0 spiro atoms. The fourth-order valence-corrected chi connectivity index (χ4v) is 4.48. The van der Waals surface area contributed by atoms with Gasteiger partial charge in [0.25, 0.3) is 5.91 Å². The molecular formula is C23H19ClN4O5S. The van der Waals surface area contributed by atoms with E-state index in [9.17, 15) is 19.2 Å². The molecule has 0 fully saturated rings. The molecule has 11 heteroatoms. The highest BCUT2D eigenvalue weighted by Gasteiger charge is 2.28. The Morgan fingerprint density at radius 1 is 1.15 bits per heavy atom. The van der Waals surface area contributed by atoms with E-state index in [1.54, 1.807) is 48.5 Å². The lowest BCUT2D eigenvalue weighted by atomic mass is 10.1. The summed E-state index contributed by atoms with van der Waals surface area (Å²) in [5.74, 6) is -1.86. The monoisotopic (exact) mass is 498 g/mol. The van der Waals surface area contributed by atoms with Gasteiger partial charge in [0.1, 0.15) is 6.04 Å². The standard InChI is InChI=1S/C23H19ClN4O5S/c1-33-22(32)18-19(12-6-8-13(24)9-7-12)34-23(28-18)27-17(29)11-10-16-21(31)25-15-5-3-2-4-14(15)20(30)26-16/h2-9,16H,10-11H2,1H3,(H,25,31)(H,26,30)(H,27,28,29)/t16-/m1/s1. The summed E-state index contributed by atoms with van der Waals surface area (Å²) in [4.78, 5) is 54.4. The molecule has 3 aromatic rings. The molecule has 1 atom stereocenters. The van der Waals surface area contributed by atoms with Crippen molar-refractivity contribution in [3.63, 3.8) is 0 Å². The van der Waals surface area contributed by atoms with E-state index in [2.05, 4.69) is 20.9 Å². The number of anilines is 2. The zero-order valence-electron chi connectivity index (χ0n) is 17.9. The van der Waals surface area contributed by atoms with E-state index in [-0.39, 0.29) is 23.7 Å². The first kappa shape index (κ1) is 23.4. The number of carbonyl (C=O) groups excluding carboxylic acids is 4. The predicted molar refractivity (Wildman–Crippen MR) is 128 cm³/mol. The molecule has 3 N–H and O–H groups in total. The Kier molecular flexibility index (Phi) is 6.90. The van der Waals surface area contributed by atoms with Gasteiger partial charge in [0.05, 0.1) is 23.2 Å². The third-order valence-electron chi connectivity index (χ3n) is 5.07. The number of hydrogen-bond acceptors (Lipinski definition) is 7. The summed E-state index contributed by atoms with van der Waals surface area (Å²) in [7, 11) is 1.25. The summed E-state index contributed by atoms with van der Waals surface area (Å²) in [6.07, 6.45) is 0.0226. The summed E-state index contributed by atoms with van der Waals surface area (Å²) in [5, 5.41) is 8.75. The molecular weight excluding hydrogens is 480 g/mol. The molecule has 1 aromatic heterocycles. The van der Waals surface area contributed by atoms with Crippen molar-refractivity contribution in [3.05, 3.63) is 64.8 Å². The van der Waals surface area contributed by atoms with Crippen molar-refractivity contribution in [2.24, 2.45) is 0 Å². The summed E-state index contributed by atoms with van der Waals surface area (Å²) < 4.78 is 4.81. The number of hydrogen-bond donors (Lipinski definition) is 3. The third-order valence-corrected chi connectivity index (χ3v) is 6.34. The number of halogens is 1. The van der Waals surface area contributed by atoms with Gasteiger partial charge in [-0.15, -0.1) is 0 Å². The number of rotatable bonds is 6. The first-order valence-corrected chi connectivity index (χ1v) is 11.4. The van der Waals surface area contributed by atoms with Crippen molar-refractivity contribution >= 4 is 57.4 Å². The molecule has 1 aliphatic rings. The van der Waals surface area contributed by atoms with E-state index in [1.165, 1.54) is 7.11 Å². The van der Waals surface area contributed by atoms with Crippen LogP contribution in [0.15, 0.2) is 48.5 Å². The molecule has 3 amide bonds. The Bertz CT molecular complexity index is 1270. The molecule has 174 valence electrons. The fourth-order valence-electron chi connectivity index (χ4n) is 3.38. The van der Waals surface area contributed by atoms with Gasteiger partial charge >= 0.3 is 5.97 Å². The Labute approximate surface area is 203 Å². The normalized spacial score (nSPS) is 14.9. The van der Waals surface area contributed by atoms with Crippen LogP contribution in [0.2, 0.25) is 5.02 Å². The van der Waals surface area contributed by atoms with Gasteiger partial charge in [-0.05, 0) is 36.2 Å². The number of nitrogens with one attached hydrogen (secondary N) is 3. The summed E-state index contributed by atoms with van der Waals surface area (Å²) >= 11 is 7.05. The summed E-state index contributed by atoms with van der Waals surface area (Å²) in [6.45, 7) is 0. The molecule has 0 aliphatic carbocycles. The lowest BCUT2D eigenvalue weighted by Crippen LogP contribution is -2.41. The van der Waals surface area contributed by atoms with Gasteiger partial charge in [0, 0.05) is 11.4 Å². The number of para-hydroxylation sites is 1. The number of nitrogens with zero attached hydrogens (tertiary/aromatic N) is 1. The fraction of sp³-hybridized carbons (Fsp3) is 0.174. The summed E-state index contributed by atoms with van der Waals surface area (Å²) in [6, 6.07) is 12.6. The lowest BCUT2D eigenvalue weighted by Gasteiger charge is -2.13. The van der Waals surface area contributed by atoms with Crippen LogP contribution in [0.4, 0.5) is 10.8 Å². The number of aromatic nitrogens is 1. The van der Waals surface area contributed by atoms with Crippen molar-refractivity contribution in [1.82, 2.24) is 10.3 Å². The molecule has 2 heterocycles. The number of amides is 3. The highest BCUT2D eigenvalue weighted by Crippen LogP contribution is 2.34. The SMILES string of the molecule is COC(=O)c1nc(NC(=O)CC[C@H]2NC(=O)c3ccccc3NC2=O)sc1-c1ccc(Cl)cc1. The van der Waals surface area contributed by atoms with E-state index in [4.69, 9.17) is 16.3 Å². The van der Waals surface area contributed by atoms with Gasteiger partial charge in [0.15, 0.2) is 10.8 Å². The molecule has 0 saturated heterocycles. The zero-order chi connectivity index (χ0) is 24.2. The maximum atomic E-state index is 12.6. The average Bonchev–Trinajstić information content (AvgIpc) is 3.20. The molecule has 0 unspecified atom stereocenters. The van der Waals surface area contributed by atoms with E-state index in [0.29, 0.717) is 26.7 Å². The highest BCUT2D eigenvalue weighted by atomic mass is 35.5. The van der Waals surface area contributed by atoms with Gasteiger partial charge in [-0.1, -0.05) is 47.2 Å². The highest BCUT2D eigenvalue weighted by molar-refractivity contribution is 7.19. The second-order valence-corrected chi connectivity index (χ2v) is 8.78. The molecule has 2 aromatic carbocycles. The minimum Gasteiger partial charge on any atom is -0.464 e. The Hall–Kier alpha value is -3.76. The molecule has 0 saturated carbocycles. The Balaban J connectivity index is 1.44. The summed E-state index contributed by atoms with van der Waals surface area (Å²) in [5.41, 5.74) is 1.54. The van der Waals surface area contributed by atoms with Crippen molar-refractivity contribution < 1.29 is 23.9 Å². The molecule has 1 aliphatic heterocycles. The van der Waals surface area contributed by atoms with Crippen LogP contribution < -0.4 is 16.0 Å². The minimum absolute atomic E-state index is 0.0574. The van der Waals surface area contributed by atoms with Gasteiger partial charge in [-0.2, -0.15) is 0 Å². The minimum atomic E-state index is -0.878. The molecule has 0 radical (unpaired) electrons. The predicted octanol–water partition coefficient (Wildman–Crippen LogP) is 3.72. The Morgan fingerprint density at radius 3 is 2.62 bits per heavy atom. The quantitative estimate of drug-likeness (QED) is 0.444. The van der Waals surface area contributed by atoms with Crippen LogP contribution >= 0.6 is 22.9 Å². The number of esters is 1. The van der Waals surface area contributed by atoms with Gasteiger partial charge in [-0.3, -0.25) is 14.4 Å². The van der Waals surface area contributed by atoms with Crippen LogP contribution in [0.1, 0.15) is 33.7 Å². The van der Waals surface area contributed by atoms with Crippen molar-refractivity contribution in [3.8, 4) is 10.4 Å². The van der Waals surface area contributed by atoms with Crippen LogP contribution in [0.3, 0.4) is 0 Å². The van der Waals surface area contributed by atoms with Crippen LogP contribution in [0.5, 0.6) is 0 Å². The number of thiazole rings is 1. The number of carbonyl (C=O) groups is 4. The topological polar surface area (TPSA) is 126 Å². The number of benzene rings is 2. The van der Waals surface area contributed by atoms with Crippen LogP contribution in [-0.4, -0.2) is 41.8 Å². The maximum absolute atomic E-state index is 12.6. The number of methoxy groups -OCH3 is 1. The van der Waals surface area contributed by atoms with Gasteiger partial charge in [0.2, 0.25) is 11.8 Å². The van der Waals surface area contributed by atoms with Crippen LogP contribution in [0.25, 0.3) is 10.4 Å². The second kappa shape index (κ2) is 10.0. The Morgan fingerprint density at radius 2 is 1.88 bits per heavy atom. The van der Waals surface area contributed by atoms with Crippen molar-refractivity contribution in [2.75, 3.05) is 17.7 Å². The zero-order valence-corrected chi connectivity index (χ0v) is 19.5. The first-order chi connectivity index (χ1) is 16.4. The van der Waals surface area contributed by atoms with Gasteiger partial charge < -0.3 is 20.7 Å². The first-order valence-electron chi connectivity index (χ1n) is 10.2. The molecule has 9 nitrogen and oxygen atoms in total. The third kappa shape index (κ3) is 5.08. The van der Waals surface area contributed by atoms with Crippen LogP contribution in [-0.2, 0) is 14.3 Å². The number of fused-ring (bicyclic) bond motifs is 1. The van der Waals surface area contributed by atoms with E-state index in [1.807, 2.05) is 0 Å². The van der Waals surface area contributed by atoms with Crippen molar-refractivity contribution in [1.29, 1.82) is 0 Å². The number of ether oxygens (including phenoxy) is 1. The van der Waals surface area contributed by atoms with E-state index >= 15 is 0 Å². The lowest BCUT2D eigenvalue weighted by molar-refractivity contribution is -0.118. The second-order valence-electron chi connectivity index (χ2n) is 7.34. The molecule has 0 bridgehead atoms. The molecule has 34 heavy (non-hydrogen) atoms. The molecule has 4 rings (SSSR count). The largest absolute Gasteiger partial charge is 0.464 e. The smallest absolute Gasteiger partial charge is 0.358 e. The van der Waals surface area contributed by atoms with Crippen molar-refractivity contribution in [2.45, 2.75) is 18.9 Å². The van der Waals surface area contributed by atoms with Crippen LogP contribution in [0, 0.1) is 0 Å².